The van der Waals surface area contributed by atoms with Gasteiger partial charge in [0.25, 0.3) is 0 Å². The van der Waals surface area contributed by atoms with Crippen LogP contribution in [0.5, 0.6) is 0 Å². The monoisotopic (exact) mass is 388 g/mol. The molecule has 6 nitrogen and oxygen atoms in total. The number of methoxy groups -OCH3 is 1. The van der Waals surface area contributed by atoms with Gasteiger partial charge in [0.15, 0.2) is 26.9 Å². The van der Waals surface area contributed by atoms with Crippen molar-refractivity contribution in [2.45, 2.75) is 22.9 Å². The number of carbonyl (C=O) groups is 1. The first kappa shape index (κ1) is 20.6. The number of halogens is 3. The highest BCUT2D eigenvalue weighted by Gasteiger charge is 2.37. The predicted molar refractivity (Wildman–Crippen MR) is 79.5 cm³/mol. The van der Waals surface area contributed by atoms with Crippen molar-refractivity contribution in [3.05, 3.63) is 30.3 Å². The predicted octanol–water partition coefficient (Wildman–Crippen LogP) is 2.27. The molecule has 2 atom stereocenters. The zero-order chi connectivity index (χ0) is 18.4. The average Bonchev–Trinajstić information content (AvgIpc) is 2.95. The largest absolute Gasteiger partial charge is 0.741 e. The Morgan fingerprint density at radius 1 is 1.29 bits per heavy atom. The minimum absolute atomic E-state index is 0.0241. The average molecular weight is 388 g/mol. The van der Waals surface area contributed by atoms with E-state index in [0.717, 1.165) is 17.9 Å². The van der Waals surface area contributed by atoms with E-state index in [1.54, 1.807) is 0 Å². The SMILES string of the molecule is COC(=O)OC1CC[S+](c2ccccc2)C1.O=S(=O)([O-])C(F)(F)F. The molecule has 1 aliphatic rings. The second-order valence-corrected chi connectivity index (χ2v) is 8.13. The summed E-state index contributed by atoms with van der Waals surface area (Å²) < 4.78 is 68.6. The van der Waals surface area contributed by atoms with Crippen molar-refractivity contribution in [3.63, 3.8) is 0 Å². The molecule has 1 saturated heterocycles. The fourth-order valence-electron chi connectivity index (χ4n) is 1.77. The van der Waals surface area contributed by atoms with Crippen molar-refractivity contribution in [3.8, 4) is 0 Å². The molecule has 1 heterocycles. The van der Waals surface area contributed by atoms with Crippen molar-refractivity contribution in [2.24, 2.45) is 0 Å². The van der Waals surface area contributed by atoms with E-state index in [2.05, 4.69) is 29.0 Å². The third kappa shape index (κ3) is 6.57. The summed E-state index contributed by atoms with van der Waals surface area (Å²) in [4.78, 5) is 12.3. The van der Waals surface area contributed by atoms with Crippen LogP contribution in [0.15, 0.2) is 35.2 Å². The smallest absolute Gasteiger partial charge is 0.508 e. The van der Waals surface area contributed by atoms with Crippen LogP contribution in [0.2, 0.25) is 0 Å². The molecule has 0 aliphatic carbocycles. The van der Waals surface area contributed by atoms with E-state index in [1.165, 1.54) is 12.0 Å². The van der Waals surface area contributed by atoms with Gasteiger partial charge in [-0.2, -0.15) is 13.2 Å². The Hall–Kier alpha value is -1.46. The van der Waals surface area contributed by atoms with Gasteiger partial charge in [0.2, 0.25) is 0 Å². The maximum absolute atomic E-state index is 11.0. The van der Waals surface area contributed by atoms with Crippen molar-refractivity contribution in [1.82, 2.24) is 0 Å². The summed E-state index contributed by atoms with van der Waals surface area (Å²) in [6, 6.07) is 10.4. The number of alkyl halides is 3. The van der Waals surface area contributed by atoms with Gasteiger partial charge in [-0.1, -0.05) is 18.2 Å². The minimum atomic E-state index is -6.09. The molecule has 0 radical (unpaired) electrons. The summed E-state index contributed by atoms with van der Waals surface area (Å²) in [5.41, 5.74) is -5.65. The van der Waals surface area contributed by atoms with Crippen LogP contribution in [-0.4, -0.2) is 49.4 Å². The molecule has 1 fully saturated rings. The van der Waals surface area contributed by atoms with E-state index in [9.17, 15) is 18.0 Å². The molecule has 0 amide bonds. The minimum Gasteiger partial charge on any atom is -0.741 e. The van der Waals surface area contributed by atoms with Crippen LogP contribution in [-0.2, 0) is 30.5 Å². The van der Waals surface area contributed by atoms with Gasteiger partial charge in [-0.05, 0) is 12.1 Å². The van der Waals surface area contributed by atoms with Gasteiger partial charge in [-0.25, -0.2) is 13.2 Å². The number of ether oxygens (including phenoxy) is 2. The Balaban J connectivity index is 0.000000307. The standard InChI is InChI=1S/C12H15O3S.CHF3O3S/c1-14-12(13)15-10-7-8-16(9-10)11-5-3-2-4-6-11;2-1(3,4)8(5,6)7/h2-6,10H,7-9H2,1H3;(H,5,6,7)/q+1;/p-1. The second kappa shape index (κ2) is 8.58. The first-order valence-electron chi connectivity index (χ1n) is 6.54. The van der Waals surface area contributed by atoms with Crippen LogP contribution in [0.3, 0.4) is 0 Å². The van der Waals surface area contributed by atoms with E-state index in [4.69, 9.17) is 17.7 Å². The molecule has 0 aromatic heterocycles. The summed E-state index contributed by atoms with van der Waals surface area (Å²) in [6.45, 7) is 0. The zero-order valence-corrected chi connectivity index (χ0v) is 14.1. The fourth-order valence-corrected chi connectivity index (χ4v) is 4.14. The normalized spacial score (nSPS) is 20.7. The van der Waals surface area contributed by atoms with E-state index < -0.39 is 21.8 Å². The van der Waals surface area contributed by atoms with E-state index in [1.807, 2.05) is 6.07 Å². The quantitative estimate of drug-likeness (QED) is 0.334. The van der Waals surface area contributed by atoms with Crippen LogP contribution in [0.4, 0.5) is 18.0 Å². The fraction of sp³-hybridized carbons (Fsp3) is 0.462. The lowest BCUT2D eigenvalue weighted by molar-refractivity contribution is -0.0517. The van der Waals surface area contributed by atoms with Crippen LogP contribution < -0.4 is 0 Å². The number of hydrogen-bond donors (Lipinski definition) is 0. The maximum Gasteiger partial charge on any atom is 0.508 e. The molecular weight excluding hydrogens is 373 g/mol. The van der Waals surface area contributed by atoms with Crippen LogP contribution in [0.25, 0.3) is 0 Å². The molecule has 2 unspecified atom stereocenters. The summed E-state index contributed by atoms with van der Waals surface area (Å²) in [5.74, 6) is 2.03. The first-order chi connectivity index (χ1) is 11.0. The number of rotatable bonds is 2. The Bertz CT molecular complexity index is 633. The molecule has 0 saturated carbocycles. The Morgan fingerprint density at radius 2 is 1.83 bits per heavy atom. The number of carbonyl (C=O) groups excluding carboxylic acids is 1. The van der Waals surface area contributed by atoms with Gasteiger partial charge in [0.05, 0.1) is 7.11 Å². The summed E-state index contributed by atoms with van der Waals surface area (Å²) in [6.07, 6.45) is 0.395. The second-order valence-electron chi connectivity index (χ2n) is 4.56. The number of hydrogen-bond acceptors (Lipinski definition) is 6. The van der Waals surface area contributed by atoms with Crippen LogP contribution in [0, 0.1) is 0 Å². The Kier molecular flexibility index (Phi) is 7.36. The highest BCUT2D eigenvalue weighted by molar-refractivity contribution is 7.97. The van der Waals surface area contributed by atoms with Crippen molar-refractivity contribution >= 4 is 27.2 Å². The van der Waals surface area contributed by atoms with Gasteiger partial charge in [-0.3, -0.25) is 0 Å². The molecular formula is C13H15F3O6S2. The van der Waals surface area contributed by atoms with Gasteiger partial charge in [0.1, 0.15) is 5.75 Å². The molecule has 1 aliphatic heterocycles. The van der Waals surface area contributed by atoms with E-state index in [0.29, 0.717) is 0 Å². The lowest BCUT2D eigenvalue weighted by Gasteiger charge is -2.08. The molecule has 0 spiro atoms. The van der Waals surface area contributed by atoms with Gasteiger partial charge in [-0.15, -0.1) is 0 Å². The van der Waals surface area contributed by atoms with Gasteiger partial charge < -0.3 is 14.0 Å². The molecule has 24 heavy (non-hydrogen) atoms. The summed E-state index contributed by atoms with van der Waals surface area (Å²) in [7, 11) is -4.52. The molecule has 2 rings (SSSR count). The highest BCUT2D eigenvalue weighted by atomic mass is 32.2. The third-order valence-electron chi connectivity index (χ3n) is 2.86. The topological polar surface area (TPSA) is 92.7 Å². The first-order valence-corrected chi connectivity index (χ1v) is 9.51. The molecule has 11 heteroatoms. The number of benzene rings is 1. The zero-order valence-electron chi connectivity index (χ0n) is 12.5. The molecule has 0 bridgehead atoms. The molecule has 0 N–H and O–H groups in total. The molecule has 136 valence electrons. The van der Waals surface area contributed by atoms with Gasteiger partial charge >= 0.3 is 11.7 Å². The lowest BCUT2D eigenvalue weighted by Crippen LogP contribution is -2.21. The van der Waals surface area contributed by atoms with Crippen molar-refractivity contribution in [2.75, 3.05) is 18.6 Å². The summed E-state index contributed by atoms with van der Waals surface area (Å²) >= 11 is 0. The van der Waals surface area contributed by atoms with Crippen molar-refractivity contribution < 1.29 is 40.4 Å². The Morgan fingerprint density at radius 3 is 2.29 bits per heavy atom. The Labute approximate surface area is 140 Å². The van der Waals surface area contributed by atoms with E-state index in [-0.39, 0.29) is 17.0 Å². The molecule has 1 aromatic carbocycles. The third-order valence-corrected chi connectivity index (χ3v) is 5.87. The van der Waals surface area contributed by atoms with E-state index >= 15 is 0 Å². The van der Waals surface area contributed by atoms with Gasteiger partial charge in [0, 0.05) is 17.3 Å². The summed E-state index contributed by atoms with van der Waals surface area (Å²) in [5, 5.41) is 0. The lowest BCUT2D eigenvalue weighted by atomic mass is 10.3. The maximum atomic E-state index is 11.0. The highest BCUT2D eigenvalue weighted by Crippen LogP contribution is 2.25. The van der Waals surface area contributed by atoms with Crippen LogP contribution >= 0.6 is 0 Å². The van der Waals surface area contributed by atoms with Crippen LogP contribution in [0.1, 0.15) is 6.42 Å². The van der Waals surface area contributed by atoms with Crippen molar-refractivity contribution in [1.29, 1.82) is 0 Å². The molecule has 1 aromatic rings.